The maximum absolute atomic E-state index is 13.3. The number of nitrogens with zero attached hydrogens (tertiary/aromatic N) is 3. The Labute approximate surface area is 237 Å². The molecule has 0 bridgehead atoms. The summed E-state index contributed by atoms with van der Waals surface area (Å²) in [6.45, 7) is -0.444. The summed E-state index contributed by atoms with van der Waals surface area (Å²) in [5.41, 5.74) is 9.54. The molecule has 1 aromatic carbocycles. The molecule has 0 aliphatic carbocycles. The van der Waals surface area contributed by atoms with Crippen molar-refractivity contribution < 1.29 is 54.0 Å². The van der Waals surface area contributed by atoms with Crippen molar-refractivity contribution in [3.05, 3.63) is 46.1 Å². The lowest BCUT2D eigenvalue weighted by molar-refractivity contribution is -0.151. The van der Waals surface area contributed by atoms with Gasteiger partial charge in [0, 0.05) is 22.3 Å². The molecule has 3 heterocycles. The minimum atomic E-state index is -1.83. The molecule has 4 rings (SSSR count). The number of hydrogen-bond acceptors (Lipinski definition) is 14. The molecule has 19 heteroatoms. The van der Waals surface area contributed by atoms with Gasteiger partial charge in [0.25, 0.3) is 11.8 Å². The minimum absolute atomic E-state index is 0.0365. The summed E-state index contributed by atoms with van der Waals surface area (Å²) in [5.74, 6) is -5.89. The number of rotatable bonds is 10. The van der Waals surface area contributed by atoms with E-state index in [-0.39, 0.29) is 27.7 Å². The smallest absolute Gasteiger partial charge is 0.404 e. The summed E-state index contributed by atoms with van der Waals surface area (Å²) < 4.78 is 4.67. The predicted octanol–water partition coefficient (Wildman–Crippen LogP) is -0.483. The fourth-order valence-corrected chi connectivity index (χ4v) is 5.70. The third-order valence-corrected chi connectivity index (χ3v) is 7.69. The first-order valence-electron chi connectivity index (χ1n) is 11.2. The van der Waals surface area contributed by atoms with Gasteiger partial charge in [-0.1, -0.05) is 11.2 Å². The van der Waals surface area contributed by atoms with Crippen molar-refractivity contribution in [3.63, 3.8) is 0 Å². The fourth-order valence-electron chi connectivity index (χ4n) is 3.82. The molecule has 216 valence electrons. The summed E-state index contributed by atoms with van der Waals surface area (Å²) in [6.07, 6.45) is -2.96. The summed E-state index contributed by atoms with van der Waals surface area (Å²) in [5, 5.41) is 45.1. The Morgan fingerprint density at radius 2 is 1.95 bits per heavy atom. The van der Waals surface area contributed by atoms with Crippen LogP contribution in [0.1, 0.15) is 17.4 Å². The van der Waals surface area contributed by atoms with Crippen LogP contribution in [-0.2, 0) is 28.8 Å². The van der Waals surface area contributed by atoms with E-state index in [0.717, 1.165) is 46.2 Å². The monoisotopic (exact) mass is 608 g/mol. The summed E-state index contributed by atoms with van der Waals surface area (Å²) >= 11 is 2.03. The number of carbonyl (C=O) groups is 5. The van der Waals surface area contributed by atoms with Crippen molar-refractivity contribution in [3.8, 4) is 11.5 Å². The van der Waals surface area contributed by atoms with Gasteiger partial charge in [0.2, 0.25) is 6.10 Å². The van der Waals surface area contributed by atoms with Gasteiger partial charge in [-0.3, -0.25) is 14.5 Å². The van der Waals surface area contributed by atoms with Gasteiger partial charge in [0.1, 0.15) is 29.4 Å². The van der Waals surface area contributed by atoms with E-state index in [4.69, 9.17) is 16.3 Å². The number of oxime groups is 1. The highest BCUT2D eigenvalue weighted by Gasteiger charge is 2.54. The van der Waals surface area contributed by atoms with Crippen LogP contribution in [0.3, 0.4) is 0 Å². The highest BCUT2D eigenvalue weighted by molar-refractivity contribution is 8.00. The molecule has 0 saturated carbocycles. The summed E-state index contributed by atoms with van der Waals surface area (Å²) in [6, 6.07) is 1.90. The van der Waals surface area contributed by atoms with Crippen molar-refractivity contribution in [2.75, 3.05) is 18.1 Å². The number of thioether (sulfide) groups is 1. The number of phenolic OH excluding ortho intramolecular Hbond substituents is 2. The molecule has 17 nitrogen and oxygen atoms in total. The van der Waals surface area contributed by atoms with Crippen molar-refractivity contribution >= 4 is 63.8 Å². The molecule has 1 aromatic heterocycles. The molecule has 2 aliphatic heterocycles. The standard InChI is InChI=1S/C22H20N6O11S2/c23-21-25-9(6-41-21)12(27-39-15(20(35)36)7-1-2-10(29)11(30)3-7)16(31)26-13-17(32)28-14(19(33)34)8(4-38-22(24)37)5-40-18(13)28/h1-3,6,13,15,18,29-30H,4-5H2,(H2,23,25)(H2,24,37)(H,26,31)(H,33,34)(H,35,36)/b27-12-/t13-,15+,18-/m1/s1. The average Bonchev–Trinajstić information content (AvgIpc) is 3.34. The Bertz CT molecular complexity index is 1510. The van der Waals surface area contributed by atoms with Gasteiger partial charge in [0.05, 0.1) is 0 Å². The number of primary amides is 1. The third-order valence-electron chi connectivity index (χ3n) is 5.68. The van der Waals surface area contributed by atoms with Crippen LogP contribution in [0.5, 0.6) is 11.5 Å². The van der Waals surface area contributed by atoms with Gasteiger partial charge >= 0.3 is 18.0 Å². The molecule has 1 fully saturated rings. The number of nitrogens with two attached hydrogens (primary N) is 2. The van der Waals surface area contributed by atoms with Crippen LogP contribution < -0.4 is 16.8 Å². The molecular formula is C22H20N6O11S2. The third kappa shape index (κ3) is 5.94. The number of aromatic hydroxyl groups is 2. The van der Waals surface area contributed by atoms with E-state index in [2.05, 4.69) is 20.2 Å². The van der Waals surface area contributed by atoms with E-state index < -0.39 is 76.9 Å². The number of aromatic nitrogens is 1. The normalized spacial score (nSPS) is 19.1. The van der Waals surface area contributed by atoms with Gasteiger partial charge in [-0.05, 0) is 12.1 Å². The number of aliphatic carboxylic acids is 2. The first-order valence-corrected chi connectivity index (χ1v) is 13.1. The molecule has 41 heavy (non-hydrogen) atoms. The van der Waals surface area contributed by atoms with Crippen molar-refractivity contribution in [2.45, 2.75) is 17.5 Å². The molecule has 1 saturated heterocycles. The van der Waals surface area contributed by atoms with Gasteiger partial charge < -0.3 is 46.8 Å². The van der Waals surface area contributed by atoms with Crippen LogP contribution in [0, 0.1) is 0 Å². The highest BCUT2D eigenvalue weighted by atomic mass is 32.2. The largest absolute Gasteiger partial charge is 0.504 e. The zero-order chi connectivity index (χ0) is 30.0. The zero-order valence-corrected chi connectivity index (χ0v) is 22.0. The number of β-lactam (4-membered cyclic amide) rings is 1. The van der Waals surface area contributed by atoms with Crippen molar-refractivity contribution in [1.29, 1.82) is 0 Å². The Hall–Kier alpha value is -5.04. The Balaban J connectivity index is 1.57. The van der Waals surface area contributed by atoms with Gasteiger partial charge in [-0.15, -0.1) is 23.1 Å². The molecule has 2 aromatic rings. The SMILES string of the molecule is NC(=O)OCC1=C(C(=O)O)N2C(=O)[C@@H](NC(=O)/C(=N\O[C@H](C(=O)O)c3ccc(O)c(O)c3)c3csc(N)n3)[C@H]2SC1. The van der Waals surface area contributed by atoms with E-state index in [0.29, 0.717) is 0 Å². The van der Waals surface area contributed by atoms with E-state index in [1.54, 1.807) is 0 Å². The Morgan fingerprint density at radius 3 is 2.54 bits per heavy atom. The van der Waals surface area contributed by atoms with Crippen LogP contribution in [-0.4, -0.2) is 89.6 Å². The number of phenols is 2. The minimum Gasteiger partial charge on any atom is -0.504 e. The number of fused-ring (bicyclic) bond motifs is 1. The van der Waals surface area contributed by atoms with E-state index in [9.17, 15) is 44.4 Å². The van der Waals surface area contributed by atoms with Crippen LogP contribution in [0.25, 0.3) is 0 Å². The number of carboxylic acids is 2. The number of thiazole rings is 1. The lowest BCUT2D eigenvalue weighted by Gasteiger charge is -2.49. The molecule has 0 spiro atoms. The number of ether oxygens (including phenoxy) is 1. The molecule has 2 aliphatic rings. The van der Waals surface area contributed by atoms with Crippen LogP contribution >= 0.6 is 23.1 Å². The number of carboxylic acid groups (broad SMARTS) is 2. The summed E-state index contributed by atoms with van der Waals surface area (Å²) in [7, 11) is 0. The second-order valence-electron chi connectivity index (χ2n) is 8.31. The first-order chi connectivity index (χ1) is 19.4. The highest BCUT2D eigenvalue weighted by Crippen LogP contribution is 2.40. The summed E-state index contributed by atoms with van der Waals surface area (Å²) in [4.78, 5) is 70.9. The van der Waals surface area contributed by atoms with E-state index in [1.807, 2.05) is 0 Å². The van der Waals surface area contributed by atoms with Crippen LogP contribution in [0.15, 0.2) is 40.0 Å². The zero-order valence-electron chi connectivity index (χ0n) is 20.4. The first kappa shape index (κ1) is 29.0. The maximum atomic E-state index is 13.3. The predicted molar refractivity (Wildman–Crippen MR) is 140 cm³/mol. The Morgan fingerprint density at radius 1 is 1.22 bits per heavy atom. The second kappa shape index (κ2) is 11.6. The van der Waals surface area contributed by atoms with Gasteiger partial charge in [0.15, 0.2) is 22.3 Å². The average molecular weight is 609 g/mol. The van der Waals surface area contributed by atoms with E-state index in [1.165, 1.54) is 5.38 Å². The lowest BCUT2D eigenvalue weighted by atomic mass is 10.0. The quantitative estimate of drug-likeness (QED) is 0.0776. The molecule has 3 amide bonds. The van der Waals surface area contributed by atoms with Gasteiger partial charge in [-0.25, -0.2) is 19.4 Å². The van der Waals surface area contributed by atoms with Crippen molar-refractivity contribution in [1.82, 2.24) is 15.2 Å². The Kier molecular flexibility index (Phi) is 8.19. The molecule has 0 radical (unpaired) electrons. The fraction of sp³-hybridized carbons (Fsp3) is 0.227. The second-order valence-corrected chi connectivity index (χ2v) is 10.3. The molecule has 3 atom stereocenters. The maximum Gasteiger partial charge on any atom is 0.404 e. The van der Waals surface area contributed by atoms with E-state index >= 15 is 0 Å². The number of nitrogens with one attached hydrogen (secondary N) is 1. The topological polar surface area (TPSA) is 277 Å². The number of anilines is 1. The lowest BCUT2D eigenvalue weighted by Crippen LogP contribution is -2.71. The van der Waals surface area contributed by atoms with Crippen molar-refractivity contribution in [2.24, 2.45) is 10.9 Å². The number of benzene rings is 1. The number of amides is 3. The molecule has 9 N–H and O–H groups in total. The number of carbonyl (C=O) groups excluding carboxylic acids is 3. The number of hydrogen-bond donors (Lipinski definition) is 7. The van der Waals surface area contributed by atoms with Crippen LogP contribution in [0.2, 0.25) is 0 Å². The number of nitrogen functional groups attached to an aromatic ring is 1. The van der Waals surface area contributed by atoms with Crippen LogP contribution in [0.4, 0.5) is 9.93 Å². The van der Waals surface area contributed by atoms with Gasteiger partial charge in [-0.2, -0.15) is 0 Å². The molecular weight excluding hydrogens is 588 g/mol. The molecule has 0 unspecified atom stereocenters.